The largest absolute Gasteiger partial charge is 0.337 e. The third-order valence-electron chi connectivity index (χ3n) is 4.47. The van der Waals surface area contributed by atoms with Crippen molar-refractivity contribution in [1.82, 2.24) is 9.88 Å². The third kappa shape index (κ3) is 2.29. The van der Waals surface area contributed by atoms with Gasteiger partial charge in [0.05, 0.1) is 11.1 Å². The van der Waals surface area contributed by atoms with Crippen molar-refractivity contribution in [1.29, 1.82) is 0 Å². The number of hydrogen-bond donors (Lipinski definition) is 1. The van der Waals surface area contributed by atoms with Crippen LogP contribution in [0.15, 0.2) is 30.3 Å². The second-order valence-electron chi connectivity index (χ2n) is 6.19. The SMILES string of the molecule is N[C@H]1CCN(C(=O)c2cc(C3CC3)nc3ccccc23)C1. The molecule has 4 nitrogen and oxygen atoms in total. The van der Waals surface area contributed by atoms with Gasteiger partial charge in [0.2, 0.25) is 0 Å². The summed E-state index contributed by atoms with van der Waals surface area (Å²) in [5, 5.41) is 0.951. The maximum atomic E-state index is 12.8. The summed E-state index contributed by atoms with van der Waals surface area (Å²) in [5.74, 6) is 0.644. The molecule has 0 bridgehead atoms. The van der Waals surface area contributed by atoms with Gasteiger partial charge in [-0.2, -0.15) is 0 Å². The highest BCUT2D eigenvalue weighted by Crippen LogP contribution is 2.40. The van der Waals surface area contributed by atoms with E-state index in [2.05, 4.69) is 0 Å². The summed E-state index contributed by atoms with van der Waals surface area (Å²) in [6.07, 6.45) is 3.27. The topological polar surface area (TPSA) is 59.2 Å². The van der Waals surface area contributed by atoms with Gasteiger partial charge in [0.25, 0.3) is 5.91 Å². The molecular weight excluding hydrogens is 262 g/mol. The van der Waals surface area contributed by atoms with Gasteiger partial charge >= 0.3 is 0 Å². The first-order chi connectivity index (χ1) is 10.2. The summed E-state index contributed by atoms with van der Waals surface area (Å²) < 4.78 is 0. The summed E-state index contributed by atoms with van der Waals surface area (Å²) in [5.41, 5.74) is 8.72. The number of carbonyl (C=O) groups is 1. The average molecular weight is 281 g/mol. The Hall–Kier alpha value is -1.94. The van der Waals surface area contributed by atoms with Gasteiger partial charge in [0, 0.05) is 36.1 Å². The summed E-state index contributed by atoms with van der Waals surface area (Å²) in [6, 6.07) is 10.0. The Kier molecular flexibility index (Phi) is 2.93. The van der Waals surface area contributed by atoms with Crippen LogP contribution in [0.3, 0.4) is 0 Å². The van der Waals surface area contributed by atoms with Crippen molar-refractivity contribution in [2.75, 3.05) is 13.1 Å². The molecular formula is C17H19N3O. The van der Waals surface area contributed by atoms with Crippen LogP contribution in [0.5, 0.6) is 0 Å². The van der Waals surface area contributed by atoms with E-state index in [-0.39, 0.29) is 11.9 Å². The zero-order chi connectivity index (χ0) is 14.4. The van der Waals surface area contributed by atoms with Crippen molar-refractivity contribution < 1.29 is 4.79 Å². The smallest absolute Gasteiger partial charge is 0.254 e. The predicted molar refractivity (Wildman–Crippen MR) is 82.2 cm³/mol. The number of likely N-dealkylation sites (tertiary alicyclic amines) is 1. The number of nitrogens with zero attached hydrogens (tertiary/aromatic N) is 2. The molecule has 1 saturated heterocycles. The summed E-state index contributed by atoms with van der Waals surface area (Å²) in [4.78, 5) is 19.4. The zero-order valence-electron chi connectivity index (χ0n) is 12.0. The molecule has 0 radical (unpaired) electrons. The maximum absolute atomic E-state index is 12.8. The molecule has 108 valence electrons. The molecule has 1 atom stereocenters. The van der Waals surface area contributed by atoms with Gasteiger partial charge in [0.1, 0.15) is 0 Å². The monoisotopic (exact) mass is 281 g/mol. The predicted octanol–water partition coefficient (Wildman–Crippen LogP) is 2.29. The van der Waals surface area contributed by atoms with E-state index < -0.39 is 0 Å². The third-order valence-corrected chi connectivity index (χ3v) is 4.47. The molecule has 1 aliphatic heterocycles. The highest BCUT2D eigenvalue weighted by Gasteiger charge is 2.29. The molecule has 1 aromatic heterocycles. The number of pyridine rings is 1. The van der Waals surface area contributed by atoms with Gasteiger partial charge in [-0.1, -0.05) is 18.2 Å². The van der Waals surface area contributed by atoms with Crippen molar-refractivity contribution >= 4 is 16.8 Å². The molecule has 1 amide bonds. The number of amides is 1. The molecule has 2 aromatic rings. The number of benzene rings is 1. The van der Waals surface area contributed by atoms with Crippen LogP contribution < -0.4 is 5.73 Å². The van der Waals surface area contributed by atoms with E-state index in [1.807, 2.05) is 35.2 Å². The Morgan fingerprint density at radius 3 is 2.76 bits per heavy atom. The molecule has 0 unspecified atom stereocenters. The lowest BCUT2D eigenvalue weighted by Gasteiger charge is -2.17. The molecule has 21 heavy (non-hydrogen) atoms. The number of nitrogens with two attached hydrogens (primary N) is 1. The van der Waals surface area contributed by atoms with Gasteiger partial charge in [-0.15, -0.1) is 0 Å². The van der Waals surface area contributed by atoms with Crippen LogP contribution in [-0.2, 0) is 0 Å². The molecule has 4 rings (SSSR count). The Morgan fingerprint density at radius 2 is 2.05 bits per heavy atom. The standard InChI is InChI=1S/C17H19N3O/c18-12-7-8-20(10-12)17(21)14-9-16(11-5-6-11)19-15-4-2-1-3-13(14)15/h1-4,9,11-12H,5-8,10,18H2/t12-/m0/s1. The van der Waals surface area contributed by atoms with Gasteiger partial charge < -0.3 is 10.6 Å². The van der Waals surface area contributed by atoms with E-state index >= 15 is 0 Å². The van der Waals surface area contributed by atoms with Crippen molar-refractivity contribution in [3.63, 3.8) is 0 Å². The van der Waals surface area contributed by atoms with E-state index in [1.165, 1.54) is 12.8 Å². The normalized spacial score (nSPS) is 22.0. The number of rotatable bonds is 2. The van der Waals surface area contributed by atoms with E-state index in [9.17, 15) is 4.79 Å². The summed E-state index contributed by atoms with van der Waals surface area (Å²) >= 11 is 0. The highest BCUT2D eigenvalue weighted by molar-refractivity contribution is 6.06. The zero-order valence-corrected chi connectivity index (χ0v) is 12.0. The van der Waals surface area contributed by atoms with Gasteiger partial charge in [-0.3, -0.25) is 9.78 Å². The summed E-state index contributed by atoms with van der Waals surface area (Å²) in [6.45, 7) is 1.42. The molecule has 1 aliphatic carbocycles. The van der Waals surface area contributed by atoms with Crippen molar-refractivity contribution in [3.8, 4) is 0 Å². The van der Waals surface area contributed by atoms with Crippen LogP contribution in [0.25, 0.3) is 10.9 Å². The first-order valence-corrected chi connectivity index (χ1v) is 7.67. The van der Waals surface area contributed by atoms with E-state index in [1.54, 1.807) is 0 Å². The van der Waals surface area contributed by atoms with Gasteiger partial charge in [-0.05, 0) is 31.4 Å². The molecule has 0 spiro atoms. The van der Waals surface area contributed by atoms with Crippen molar-refractivity contribution in [3.05, 3.63) is 41.6 Å². The Bertz CT molecular complexity index is 708. The first-order valence-electron chi connectivity index (χ1n) is 7.67. The fourth-order valence-corrected chi connectivity index (χ4v) is 3.10. The molecule has 1 saturated carbocycles. The Morgan fingerprint density at radius 1 is 1.24 bits per heavy atom. The van der Waals surface area contributed by atoms with Crippen LogP contribution in [-0.4, -0.2) is 34.9 Å². The Labute approximate surface area is 124 Å². The van der Waals surface area contributed by atoms with E-state index in [0.29, 0.717) is 12.5 Å². The van der Waals surface area contributed by atoms with Crippen molar-refractivity contribution in [2.45, 2.75) is 31.2 Å². The number of carbonyl (C=O) groups excluding carboxylic acids is 1. The lowest BCUT2D eigenvalue weighted by atomic mass is 10.0. The second kappa shape index (κ2) is 4.81. The first kappa shape index (κ1) is 12.8. The van der Waals surface area contributed by atoms with Crippen LogP contribution >= 0.6 is 0 Å². The van der Waals surface area contributed by atoms with Crippen LogP contribution in [0.4, 0.5) is 0 Å². The number of hydrogen-bond acceptors (Lipinski definition) is 3. The highest BCUT2D eigenvalue weighted by atomic mass is 16.2. The lowest BCUT2D eigenvalue weighted by Crippen LogP contribution is -2.32. The fraction of sp³-hybridized carbons (Fsp3) is 0.412. The van der Waals surface area contributed by atoms with Crippen LogP contribution in [0.2, 0.25) is 0 Å². The molecule has 2 heterocycles. The minimum atomic E-state index is 0.100. The number of aromatic nitrogens is 1. The minimum Gasteiger partial charge on any atom is -0.337 e. The van der Waals surface area contributed by atoms with Crippen LogP contribution in [0, 0.1) is 0 Å². The maximum Gasteiger partial charge on any atom is 0.254 e. The van der Waals surface area contributed by atoms with Crippen molar-refractivity contribution in [2.24, 2.45) is 5.73 Å². The number of para-hydroxylation sites is 1. The van der Waals surface area contributed by atoms with Crippen LogP contribution in [0.1, 0.15) is 41.2 Å². The molecule has 2 N–H and O–H groups in total. The number of fused-ring (bicyclic) bond motifs is 1. The molecule has 4 heteroatoms. The lowest BCUT2D eigenvalue weighted by molar-refractivity contribution is 0.0792. The quantitative estimate of drug-likeness (QED) is 0.918. The molecule has 1 aromatic carbocycles. The van der Waals surface area contributed by atoms with E-state index in [4.69, 9.17) is 10.7 Å². The second-order valence-corrected chi connectivity index (χ2v) is 6.19. The van der Waals surface area contributed by atoms with Gasteiger partial charge in [0.15, 0.2) is 0 Å². The van der Waals surface area contributed by atoms with Gasteiger partial charge in [-0.25, -0.2) is 0 Å². The molecule has 2 fully saturated rings. The molecule has 2 aliphatic rings. The Balaban J connectivity index is 1.80. The summed E-state index contributed by atoms with van der Waals surface area (Å²) in [7, 11) is 0. The minimum absolute atomic E-state index is 0.100. The average Bonchev–Trinajstić information content (AvgIpc) is 3.27. The fourth-order valence-electron chi connectivity index (χ4n) is 3.10. The van der Waals surface area contributed by atoms with E-state index in [0.717, 1.165) is 35.1 Å².